The fraction of sp³-hybridized carbons (Fsp3) is 0.222. The minimum Gasteiger partial charge on any atom is -0.376 e. The van der Waals surface area contributed by atoms with Crippen LogP contribution in [0.1, 0.15) is 29.5 Å². The average molecular weight is 385 g/mol. The molecule has 2 aromatic rings. The van der Waals surface area contributed by atoms with Crippen molar-refractivity contribution in [1.29, 1.82) is 0 Å². The van der Waals surface area contributed by atoms with Crippen LogP contribution < -0.4 is 5.32 Å². The Balaban J connectivity index is 1.87. The number of anilines is 1. The van der Waals surface area contributed by atoms with Crippen molar-refractivity contribution in [2.24, 2.45) is 5.92 Å². The number of hydrogen-bond donors (Lipinski definition) is 1. The molecule has 2 aliphatic rings. The van der Waals surface area contributed by atoms with Crippen LogP contribution >= 0.6 is 46.4 Å². The molecule has 2 aromatic carbocycles. The molecule has 0 aromatic heterocycles. The second-order valence-corrected chi connectivity index (χ2v) is 7.51. The highest BCUT2D eigenvalue weighted by Gasteiger charge is 2.39. The standard InChI is InChI=1S/C18H13Cl4N/c19-13-6-2-5-12(15(13)21)17-10-4-1-3-9(10)11-7-8-14(20)16(22)18(11)23-17/h1-3,5-10,17,23H,4H2. The molecule has 0 amide bonds. The van der Waals surface area contributed by atoms with Gasteiger partial charge in [-0.3, -0.25) is 0 Å². The number of halogens is 4. The molecule has 118 valence electrons. The molecule has 1 aliphatic heterocycles. The van der Waals surface area contributed by atoms with Crippen molar-refractivity contribution >= 4 is 52.1 Å². The highest BCUT2D eigenvalue weighted by Crippen LogP contribution is 2.53. The van der Waals surface area contributed by atoms with E-state index in [0.29, 0.717) is 31.9 Å². The van der Waals surface area contributed by atoms with Gasteiger partial charge in [0, 0.05) is 5.92 Å². The molecule has 3 atom stereocenters. The number of benzene rings is 2. The third-order valence-electron chi connectivity index (χ3n) is 4.74. The SMILES string of the molecule is Clc1cccc(C2Nc3c(ccc(Cl)c3Cl)C3C=CCC32)c1Cl. The van der Waals surface area contributed by atoms with Crippen LogP contribution in [0.2, 0.25) is 20.1 Å². The third kappa shape index (κ3) is 2.46. The van der Waals surface area contributed by atoms with E-state index in [1.54, 1.807) is 6.07 Å². The largest absolute Gasteiger partial charge is 0.376 e. The summed E-state index contributed by atoms with van der Waals surface area (Å²) < 4.78 is 0. The zero-order valence-corrected chi connectivity index (χ0v) is 15.0. The maximum absolute atomic E-state index is 6.46. The van der Waals surface area contributed by atoms with Crippen LogP contribution in [0.4, 0.5) is 5.69 Å². The van der Waals surface area contributed by atoms with E-state index in [1.165, 1.54) is 5.56 Å². The minimum atomic E-state index is 0.0460. The molecule has 1 nitrogen and oxygen atoms in total. The Kier molecular flexibility index (Phi) is 4.01. The molecule has 5 heteroatoms. The Morgan fingerprint density at radius 3 is 2.48 bits per heavy atom. The molecule has 0 radical (unpaired) electrons. The second-order valence-electron chi connectivity index (χ2n) is 5.94. The highest BCUT2D eigenvalue weighted by molar-refractivity contribution is 6.44. The van der Waals surface area contributed by atoms with Crippen LogP contribution in [0.25, 0.3) is 0 Å². The lowest BCUT2D eigenvalue weighted by Crippen LogP contribution is -2.29. The molecule has 1 aliphatic carbocycles. The smallest absolute Gasteiger partial charge is 0.0826 e. The van der Waals surface area contributed by atoms with Crippen LogP contribution in [-0.4, -0.2) is 0 Å². The van der Waals surface area contributed by atoms with E-state index >= 15 is 0 Å². The Labute approximate surface area is 155 Å². The molecule has 1 heterocycles. The molecular formula is C18H13Cl4N. The third-order valence-corrected chi connectivity index (χ3v) is 6.38. The van der Waals surface area contributed by atoms with Crippen LogP contribution in [0, 0.1) is 5.92 Å². The van der Waals surface area contributed by atoms with Crippen LogP contribution in [-0.2, 0) is 0 Å². The molecular weight excluding hydrogens is 372 g/mol. The minimum absolute atomic E-state index is 0.0460. The fourth-order valence-corrected chi connectivity index (χ4v) is 4.48. The monoisotopic (exact) mass is 383 g/mol. The Hall–Kier alpha value is -0.860. The van der Waals surface area contributed by atoms with Gasteiger partial charge in [-0.15, -0.1) is 0 Å². The summed E-state index contributed by atoms with van der Waals surface area (Å²) in [5.74, 6) is 0.691. The summed E-state index contributed by atoms with van der Waals surface area (Å²) in [5, 5.41) is 5.84. The first-order chi connectivity index (χ1) is 11.1. The van der Waals surface area contributed by atoms with E-state index in [-0.39, 0.29) is 6.04 Å². The lowest BCUT2D eigenvalue weighted by atomic mass is 9.77. The maximum atomic E-state index is 6.46. The van der Waals surface area contributed by atoms with Gasteiger partial charge in [0.15, 0.2) is 0 Å². The van der Waals surface area contributed by atoms with E-state index in [2.05, 4.69) is 23.5 Å². The number of hydrogen-bond acceptors (Lipinski definition) is 1. The van der Waals surface area contributed by atoms with Crippen LogP contribution in [0.3, 0.4) is 0 Å². The summed E-state index contributed by atoms with van der Waals surface area (Å²) in [6.07, 6.45) is 5.46. The van der Waals surface area contributed by atoms with Crippen molar-refractivity contribution in [3.63, 3.8) is 0 Å². The molecule has 0 fully saturated rings. The topological polar surface area (TPSA) is 12.0 Å². The number of fused-ring (bicyclic) bond motifs is 3. The van der Waals surface area contributed by atoms with Crippen molar-refractivity contribution in [1.82, 2.24) is 0 Å². The van der Waals surface area contributed by atoms with Gasteiger partial charge in [-0.1, -0.05) is 76.8 Å². The Bertz CT molecular complexity index is 815. The molecule has 23 heavy (non-hydrogen) atoms. The first-order valence-electron chi connectivity index (χ1n) is 7.43. The predicted molar refractivity (Wildman–Crippen MR) is 99.3 cm³/mol. The summed E-state index contributed by atoms with van der Waals surface area (Å²) in [7, 11) is 0. The summed E-state index contributed by atoms with van der Waals surface area (Å²) in [6.45, 7) is 0. The van der Waals surface area contributed by atoms with Crippen molar-refractivity contribution in [2.45, 2.75) is 18.4 Å². The van der Waals surface area contributed by atoms with Gasteiger partial charge in [-0.05, 0) is 35.6 Å². The van der Waals surface area contributed by atoms with Crippen LogP contribution in [0.15, 0.2) is 42.5 Å². The molecule has 1 N–H and O–H groups in total. The van der Waals surface area contributed by atoms with Crippen molar-refractivity contribution in [2.75, 3.05) is 5.32 Å². The summed E-state index contributed by atoms with van der Waals surface area (Å²) in [6, 6.07) is 9.71. The molecule has 0 saturated carbocycles. The highest BCUT2D eigenvalue weighted by atomic mass is 35.5. The Morgan fingerprint density at radius 1 is 0.870 bits per heavy atom. The predicted octanol–water partition coefficient (Wildman–Crippen LogP) is 7.13. The number of allylic oxidation sites excluding steroid dienone is 2. The van der Waals surface area contributed by atoms with Crippen molar-refractivity contribution in [3.05, 3.63) is 73.7 Å². The number of nitrogens with one attached hydrogen (secondary N) is 1. The Morgan fingerprint density at radius 2 is 1.65 bits per heavy atom. The van der Waals surface area contributed by atoms with Gasteiger partial charge in [-0.25, -0.2) is 0 Å². The first-order valence-corrected chi connectivity index (χ1v) is 8.94. The van der Waals surface area contributed by atoms with Gasteiger partial charge in [0.1, 0.15) is 0 Å². The molecule has 0 spiro atoms. The molecule has 0 saturated heterocycles. The van der Waals surface area contributed by atoms with Gasteiger partial charge in [0.25, 0.3) is 0 Å². The quantitative estimate of drug-likeness (QED) is 0.515. The van der Waals surface area contributed by atoms with Gasteiger partial charge in [-0.2, -0.15) is 0 Å². The van der Waals surface area contributed by atoms with Gasteiger partial charge in [0.2, 0.25) is 0 Å². The van der Waals surface area contributed by atoms with Gasteiger partial charge < -0.3 is 5.32 Å². The van der Waals surface area contributed by atoms with E-state index in [1.807, 2.05) is 18.2 Å². The number of rotatable bonds is 1. The lowest BCUT2D eigenvalue weighted by Gasteiger charge is -2.38. The normalized spacial score (nSPS) is 25.0. The molecule has 3 unspecified atom stereocenters. The maximum Gasteiger partial charge on any atom is 0.0826 e. The molecule has 0 bridgehead atoms. The lowest BCUT2D eigenvalue weighted by molar-refractivity contribution is 0.426. The van der Waals surface area contributed by atoms with Crippen LogP contribution in [0.5, 0.6) is 0 Å². The van der Waals surface area contributed by atoms with Gasteiger partial charge >= 0.3 is 0 Å². The van der Waals surface area contributed by atoms with E-state index in [9.17, 15) is 0 Å². The van der Waals surface area contributed by atoms with Crippen molar-refractivity contribution in [3.8, 4) is 0 Å². The van der Waals surface area contributed by atoms with E-state index in [4.69, 9.17) is 46.4 Å². The zero-order valence-electron chi connectivity index (χ0n) is 12.0. The fourth-order valence-electron chi connectivity index (χ4n) is 3.67. The van der Waals surface area contributed by atoms with Crippen molar-refractivity contribution < 1.29 is 0 Å². The summed E-state index contributed by atoms with van der Waals surface area (Å²) in [5.41, 5.74) is 3.08. The summed E-state index contributed by atoms with van der Waals surface area (Å²) >= 11 is 25.3. The summed E-state index contributed by atoms with van der Waals surface area (Å²) in [4.78, 5) is 0. The van der Waals surface area contributed by atoms with E-state index < -0.39 is 0 Å². The zero-order chi connectivity index (χ0) is 16.1. The average Bonchev–Trinajstić information content (AvgIpc) is 3.03. The van der Waals surface area contributed by atoms with Gasteiger partial charge in [0.05, 0.1) is 31.8 Å². The second kappa shape index (κ2) is 5.89. The first kappa shape index (κ1) is 15.7. The van der Waals surface area contributed by atoms with E-state index in [0.717, 1.165) is 17.7 Å². The molecule has 4 rings (SSSR count).